The van der Waals surface area contributed by atoms with Crippen molar-refractivity contribution in [3.05, 3.63) is 53.9 Å². The Kier molecular flexibility index (Phi) is 5.30. The predicted octanol–water partition coefficient (Wildman–Crippen LogP) is 0.928. The molecule has 0 saturated heterocycles. The van der Waals surface area contributed by atoms with Crippen molar-refractivity contribution in [2.75, 3.05) is 14.2 Å². The second-order valence-electron chi connectivity index (χ2n) is 4.62. The SMILES string of the molecule is CNS(=O)(=O)c1cc(C(=O)NCc2cccnc2)ccc1OC. The summed E-state index contributed by atoms with van der Waals surface area (Å²) in [5.41, 5.74) is 1.07. The number of amides is 1. The molecule has 122 valence electrons. The van der Waals surface area contributed by atoms with Crippen LogP contribution in [-0.2, 0) is 16.6 Å². The van der Waals surface area contributed by atoms with E-state index in [1.165, 1.54) is 32.4 Å². The van der Waals surface area contributed by atoms with Crippen LogP contribution in [0.3, 0.4) is 0 Å². The van der Waals surface area contributed by atoms with Crippen LogP contribution in [0, 0.1) is 0 Å². The number of carbonyl (C=O) groups excluding carboxylic acids is 1. The highest BCUT2D eigenvalue weighted by Gasteiger charge is 2.20. The first-order chi connectivity index (χ1) is 11.0. The zero-order chi connectivity index (χ0) is 16.9. The van der Waals surface area contributed by atoms with Crippen molar-refractivity contribution in [2.24, 2.45) is 0 Å². The van der Waals surface area contributed by atoms with Crippen LogP contribution in [-0.4, -0.2) is 33.5 Å². The first-order valence-electron chi connectivity index (χ1n) is 6.76. The van der Waals surface area contributed by atoms with E-state index in [1.807, 2.05) is 6.07 Å². The van der Waals surface area contributed by atoms with E-state index in [-0.39, 0.29) is 22.1 Å². The molecule has 0 unspecified atom stereocenters. The van der Waals surface area contributed by atoms with Gasteiger partial charge in [0.1, 0.15) is 10.6 Å². The Balaban J connectivity index is 2.23. The number of aromatic nitrogens is 1. The van der Waals surface area contributed by atoms with Gasteiger partial charge in [-0.3, -0.25) is 9.78 Å². The normalized spacial score (nSPS) is 11.0. The average molecular weight is 335 g/mol. The van der Waals surface area contributed by atoms with Crippen molar-refractivity contribution in [1.29, 1.82) is 0 Å². The zero-order valence-electron chi connectivity index (χ0n) is 12.7. The van der Waals surface area contributed by atoms with Gasteiger partial charge in [-0.2, -0.15) is 0 Å². The molecule has 7 nitrogen and oxygen atoms in total. The smallest absolute Gasteiger partial charge is 0.251 e. The molecule has 0 bridgehead atoms. The summed E-state index contributed by atoms with van der Waals surface area (Å²) in [6, 6.07) is 7.84. The van der Waals surface area contributed by atoms with E-state index in [0.29, 0.717) is 6.54 Å². The van der Waals surface area contributed by atoms with Gasteiger partial charge >= 0.3 is 0 Å². The molecule has 2 N–H and O–H groups in total. The van der Waals surface area contributed by atoms with Gasteiger partial charge in [-0.15, -0.1) is 0 Å². The largest absolute Gasteiger partial charge is 0.495 e. The fourth-order valence-electron chi connectivity index (χ4n) is 1.93. The van der Waals surface area contributed by atoms with Crippen LogP contribution in [0.15, 0.2) is 47.6 Å². The fraction of sp³-hybridized carbons (Fsp3) is 0.200. The lowest BCUT2D eigenvalue weighted by Gasteiger charge is -2.11. The molecular weight excluding hydrogens is 318 g/mol. The molecule has 0 fully saturated rings. The third kappa shape index (κ3) is 4.05. The van der Waals surface area contributed by atoms with E-state index in [9.17, 15) is 13.2 Å². The number of nitrogens with one attached hydrogen (secondary N) is 2. The third-order valence-corrected chi connectivity index (χ3v) is 4.60. The molecule has 0 atom stereocenters. The van der Waals surface area contributed by atoms with Crippen molar-refractivity contribution in [3.63, 3.8) is 0 Å². The Morgan fingerprint density at radius 3 is 2.70 bits per heavy atom. The molecule has 0 radical (unpaired) electrons. The maximum absolute atomic E-state index is 12.2. The van der Waals surface area contributed by atoms with Crippen molar-refractivity contribution in [3.8, 4) is 5.75 Å². The fourth-order valence-corrected chi connectivity index (χ4v) is 2.84. The highest BCUT2D eigenvalue weighted by Crippen LogP contribution is 2.24. The lowest BCUT2D eigenvalue weighted by Crippen LogP contribution is -2.24. The summed E-state index contributed by atoms with van der Waals surface area (Å²) in [5.74, 6) is -0.216. The Bertz CT molecular complexity index is 792. The van der Waals surface area contributed by atoms with Crippen LogP contribution >= 0.6 is 0 Å². The lowest BCUT2D eigenvalue weighted by molar-refractivity contribution is 0.0950. The monoisotopic (exact) mass is 335 g/mol. The maximum atomic E-state index is 12.2. The van der Waals surface area contributed by atoms with Crippen LogP contribution in [0.4, 0.5) is 0 Å². The van der Waals surface area contributed by atoms with Gasteiger partial charge in [0.05, 0.1) is 7.11 Å². The quantitative estimate of drug-likeness (QED) is 0.818. The second kappa shape index (κ2) is 7.21. The standard InChI is InChI=1S/C15H17N3O4S/c1-16-23(20,21)14-8-12(5-6-13(14)22-2)15(19)18-10-11-4-3-7-17-9-11/h3-9,16H,10H2,1-2H3,(H,18,19). The zero-order valence-corrected chi connectivity index (χ0v) is 13.6. The summed E-state index contributed by atoms with van der Waals surface area (Å²) in [5, 5.41) is 2.71. The molecule has 2 rings (SSSR count). The number of hydrogen-bond donors (Lipinski definition) is 2. The molecule has 1 aromatic heterocycles. The number of benzene rings is 1. The van der Waals surface area contributed by atoms with Crippen molar-refractivity contribution >= 4 is 15.9 Å². The van der Waals surface area contributed by atoms with E-state index in [2.05, 4.69) is 15.0 Å². The number of sulfonamides is 1. The second-order valence-corrected chi connectivity index (χ2v) is 6.47. The molecule has 1 heterocycles. The van der Waals surface area contributed by atoms with E-state index in [4.69, 9.17) is 4.74 Å². The van der Waals surface area contributed by atoms with Gasteiger partial charge in [-0.1, -0.05) is 6.07 Å². The molecule has 2 aromatic rings. The number of rotatable bonds is 6. The number of methoxy groups -OCH3 is 1. The molecule has 1 aromatic carbocycles. The molecule has 0 aliphatic rings. The topological polar surface area (TPSA) is 97.4 Å². The molecular formula is C15H17N3O4S. The van der Waals surface area contributed by atoms with Crippen molar-refractivity contribution in [1.82, 2.24) is 15.0 Å². The number of ether oxygens (including phenoxy) is 1. The molecule has 1 amide bonds. The van der Waals surface area contributed by atoms with E-state index in [0.717, 1.165) is 5.56 Å². The highest BCUT2D eigenvalue weighted by atomic mass is 32.2. The number of pyridine rings is 1. The van der Waals surface area contributed by atoms with Gasteiger partial charge in [0.25, 0.3) is 5.91 Å². The lowest BCUT2D eigenvalue weighted by atomic mass is 10.2. The molecule has 0 spiro atoms. The van der Waals surface area contributed by atoms with Crippen molar-refractivity contribution < 1.29 is 17.9 Å². The Morgan fingerprint density at radius 1 is 1.30 bits per heavy atom. The van der Waals surface area contributed by atoms with Crippen molar-refractivity contribution in [2.45, 2.75) is 11.4 Å². The molecule has 0 aliphatic carbocycles. The number of hydrogen-bond acceptors (Lipinski definition) is 5. The van der Waals surface area contributed by atoms with Gasteiger partial charge < -0.3 is 10.1 Å². The van der Waals surface area contributed by atoms with E-state index in [1.54, 1.807) is 18.5 Å². The summed E-state index contributed by atoms with van der Waals surface area (Å²) in [6.07, 6.45) is 3.29. The van der Waals surface area contributed by atoms with Crippen LogP contribution in [0.2, 0.25) is 0 Å². The van der Waals surface area contributed by atoms with Crippen LogP contribution in [0.1, 0.15) is 15.9 Å². The number of nitrogens with zero attached hydrogens (tertiary/aromatic N) is 1. The molecule has 23 heavy (non-hydrogen) atoms. The minimum atomic E-state index is -3.73. The predicted molar refractivity (Wildman–Crippen MR) is 84.6 cm³/mol. The Morgan fingerprint density at radius 2 is 2.09 bits per heavy atom. The van der Waals surface area contributed by atoms with Gasteiger partial charge in [0.15, 0.2) is 0 Å². The average Bonchev–Trinajstić information content (AvgIpc) is 2.60. The summed E-state index contributed by atoms with van der Waals surface area (Å²) in [6.45, 7) is 0.298. The van der Waals surface area contributed by atoms with Gasteiger partial charge in [0, 0.05) is 24.5 Å². The minimum absolute atomic E-state index is 0.0865. The summed E-state index contributed by atoms with van der Waals surface area (Å²) >= 11 is 0. The van der Waals surface area contributed by atoms with Gasteiger partial charge in [0.2, 0.25) is 10.0 Å². The molecule has 0 aliphatic heterocycles. The number of carbonyl (C=O) groups is 1. The third-order valence-electron chi connectivity index (χ3n) is 3.16. The first kappa shape index (κ1) is 16.9. The minimum Gasteiger partial charge on any atom is -0.495 e. The van der Waals surface area contributed by atoms with Gasteiger partial charge in [-0.05, 0) is 36.9 Å². The summed E-state index contributed by atoms with van der Waals surface area (Å²) in [7, 11) is -1.07. The Labute approximate surface area is 134 Å². The van der Waals surface area contributed by atoms with E-state index < -0.39 is 10.0 Å². The van der Waals surface area contributed by atoms with E-state index >= 15 is 0 Å². The molecule has 8 heteroatoms. The first-order valence-corrected chi connectivity index (χ1v) is 8.25. The highest BCUT2D eigenvalue weighted by molar-refractivity contribution is 7.89. The van der Waals surface area contributed by atoms with Crippen LogP contribution < -0.4 is 14.8 Å². The Hall–Kier alpha value is -2.45. The van der Waals surface area contributed by atoms with Gasteiger partial charge in [-0.25, -0.2) is 13.1 Å². The van der Waals surface area contributed by atoms with Crippen LogP contribution in [0.5, 0.6) is 5.75 Å². The molecule has 0 saturated carbocycles. The maximum Gasteiger partial charge on any atom is 0.251 e. The summed E-state index contributed by atoms with van der Waals surface area (Å²) < 4.78 is 31.3. The van der Waals surface area contributed by atoms with Crippen LogP contribution in [0.25, 0.3) is 0 Å². The summed E-state index contributed by atoms with van der Waals surface area (Å²) in [4.78, 5) is 16.1.